The molecule has 0 saturated heterocycles. The van der Waals surface area contributed by atoms with Gasteiger partial charge in [-0.15, -0.1) is 0 Å². The van der Waals surface area contributed by atoms with Crippen molar-refractivity contribution < 1.29 is 4.39 Å². The molecule has 0 bridgehead atoms. The Kier molecular flexibility index (Phi) is 3.97. The molecule has 0 spiro atoms. The minimum absolute atomic E-state index is 0.284. The summed E-state index contributed by atoms with van der Waals surface area (Å²) < 4.78 is 15.1. The third-order valence-electron chi connectivity index (χ3n) is 4.37. The van der Waals surface area contributed by atoms with Crippen molar-refractivity contribution >= 4 is 11.0 Å². The van der Waals surface area contributed by atoms with E-state index in [4.69, 9.17) is 0 Å². The first kappa shape index (κ1) is 16.0. The van der Waals surface area contributed by atoms with Crippen LogP contribution in [-0.2, 0) is 0 Å². The van der Waals surface area contributed by atoms with Crippen molar-refractivity contribution in [3.8, 4) is 0 Å². The summed E-state index contributed by atoms with van der Waals surface area (Å²) in [7, 11) is 0. The number of aromatic nitrogens is 2. The van der Waals surface area contributed by atoms with E-state index in [9.17, 15) is 14.0 Å². The molecule has 4 aromatic rings. The second-order valence-corrected chi connectivity index (χ2v) is 6.01. The lowest BCUT2D eigenvalue weighted by molar-refractivity contribution is 0.626. The molecule has 0 atom stereocenters. The van der Waals surface area contributed by atoms with E-state index in [0.717, 1.165) is 11.1 Å². The highest BCUT2D eigenvalue weighted by atomic mass is 19.1. The lowest BCUT2D eigenvalue weighted by Crippen LogP contribution is -2.39. The van der Waals surface area contributed by atoms with Gasteiger partial charge in [0.15, 0.2) is 0 Å². The fraction of sp³-hybridized carbons (Fsp3) is 0.0476. The van der Waals surface area contributed by atoms with Gasteiger partial charge in [0.25, 0.3) is 0 Å². The maximum absolute atomic E-state index is 13.6. The molecular formula is C21H15FN2O2. The second kappa shape index (κ2) is 6.44. The number of halogens is 1. The highest BCUT2D eigenvalue weighted by molar-refractivity contribution is 5.75. The van der Waals surface area contributed by atoms with Crippen molar-refractivity contribution in [2.45, 2.75) is 6.04 Å². The van der Waals surface area contributed by atoms with Gasteiger partial charge in [-0.3, -0.25) is 14.2 Å². The quantitative estimate of drug-likeness (QED) is 0.578. The fourth-order valence-corrected chi connectivity index (χ4v) is 3.23. The van der Waals surface area contributed by atoms with Crippen molar-refractivity contribution in [1.82, 2.24) is 9.55 Å². The molecule has 0 fully saturated rings. The minimum atomic E-state index is -0.778. The molecule has 0 radical (unpaired) electrons. The normalized spacial score (nSPS) is 11.2. The zero-order valence-electron chi connectivity index (χ0n) is 13.7. The average Bonchev–Trinajstić information content (AvgIpc) is 2.67. The van der Waals surface area contributed by atoms with Crippen molar-refractivity contribution in [3.63, 3.8) is 0 Å². The molecule has 5 heteroatoms. The van der Waals surface area contributed by atoms with Crippen molar-refractivity contribution in [3.05, 3.63) is 117 Å². The molecule has 0 saturated carbocycles. The largest absolute Gasteiger partial charge is 0.317 e. The van der Waals surface area contributed by atoms with Crippen LogP contribution in [0.3, 0.4) is 0 Å². The first-order valence-corrected chi connectivity index (χ1v) is 8.19. The maximum Gasteiger partial charge on any atom is 0.317 e. The third kappa shape index (κ3) is 2.73. The number of benzene rings is 3. The molecule has 0 amide bonds. The predicted molar refractivity (Wildman–Crippen MR) is 98.9 cm³/mol. The Labute approximate surface area is 148 Å². The molecule has 1 aromatic heterocycles. The van der Waals surface area contributed by atoms with E-state index < -0.39 is 23.0 Å². The molecular weight excluding hydrogens is 331 g/mol. The average molecular weight is 346 g/mol. The third-order valence-corrected chi connectivity index (χ3v) is 4.37. The molecule has 1 N–H and O–H groups in total. The van der Waals surface area contributed by atoms with Gasteiger partial charge in [0.1, 0.15) is 5.82 Å². The van der Waals surface area contributed by atoms with Crippen LogP contribution in [0.1, 0.15) is 17.2 Å². The smallest absolute Gasteiger partial charge is 0.316 e. The Balaban J connectivity index is 2.11. The Morgan fingerprint density at radius 2 is 1.38 bits per heavy atom. The first-order valence-electron chi connectivity index (χ1n) is 8.19. The van der Waals surface area contributed by atoms with Crippen molar-refractivity contribution in [2.24, 2.45) is 0 Å². The van der Waals surface area contributed by atoms with Gasteiger partial charge < -0.3 is 4.98 Å². The van der Waals surface area contributed by atoms with Gasteiger partial charge in [0.2, 0.25) is 0 Å². The Morgan fingerprint density at radius 3 is 1.96 bits per heavy atom. The summed E-state index contributed by atoms with van der Waals surface area (Å²) in [5, 5.41) is 0. The van der Waals surface area contributed by atoms with Crippen LogP contribution in [0.4, 0.5) is 4.39 Å². The van der Waals surface area contributed by atoms with E-state index in [1.54, 1.807) is 0 Å². The van der Waals surface area contributed by atoms with Gasteiger partial charge in [0, 0.05) is 0 Å². The molecule has 0 aliphatic rings. The lowest BCUT2D eigenvalue weighted by atomic mass is 9.98. The van der Waals surface area contributed by atoms with E-state index in [2.05, 4.69) is 4.98 Å². The van der Waals surface area contributed by atoms with E-state index in [1.807, 2.05) is 60.7 Å². The number of hydrogen-bond acceptors (Lipinski definition) is 2. The SMILES string of the molecule is O=c1[nH]c2cc(F)ccc2n(C(c2ccccc2)c2ccccc2)c1=O. The molecule has 4 nitrogen and oxygen atoms in total. The van der Waals surface area contributed by atoms with Gasteiger partial charge >= 0.3 is 11.1 Å². The number of rotatable bonds is 3. The van der Waals surface area contributed by atoms with Crippen molar-refractivity contribution in [2.75, 3.05) is 0 Å². The van der Waals surface area contributed by atoms with Crippen molar-refractivity contribution in [1.29, 1.82) is 0 Å². The topological polar surface area (TPSA) is 54.9 Å². The van der Waals surface area contributed by atoms with E-state index in [0.29, 0.717) is 5.52 Å². The van der Waals surface area contributed by atoms with Gasteiger partial charge in [-0.1, -0.05) is 60.7 Å². The van der Waals surface area contributed by atoms with Gasteiger partial charge in [-0.25, -0.2) is 4.39 Å². The number of fused-ring (bicyclic) bond motifs is 1. The van der Waals surface area contributed by atoms with Crippen LogP contribution >= 0.6 is 0 Å². The highest BCUT2D eigenvalue weighted by Gasteiger charge is 2.21. The fourth-order valence-electron chi connectivity index (χ4n) is 3.23. The molecule has 0 aliphatic carbocycles. The van der Waals surface area contributed by atoms with Crippen LogP contribution in [0.15, 0.2) is 88.5 Å². The van der Waals surface area contributed by atoms with Crippen LogP contribution < -0.4 is 11.1 Å². The zero-order chi connectivity index (χ0) is 18.1. The number of nitrogens with one attached hydrogen (secondary N) is 1. The first-order chi connectivity index (χ1) is 12.6. The Morgan fingerprint density at radius 1 is 0.808 bits per heavy atom. The molecule has 4 rings (SSSR count). The number of hydrogen-bond donors (Lipinski definition) is 1. The van der Waals surface area contributed by atoms with Gasteiger partial charge in [-0.05, 0) is 29.3 Å². The van der Waals surface area contributed by atoms with E-state index in [-0.39, 0.29) is 5.52 Å². The maximum atomic E-state index is 13.6. The minimum Gasteiger partial charge on any atom is -0.316 e. The summed E-state index contributed by atoms with van der Waals surface area (Å²) >= 11 is 0. The molecule has 1 heterocycles. The molecule has 26 heavy (non-hydrogen) atoms. The summed E-state index contributed by atoms with van der Waals surface area (Å²) in [6.07, 6.45) is 0. The predicted octanol–water partition coefficient (Wildman–Crippen LogP) is 3.47. The molecule has 3 aromatic carbocycles. The van der Waals surface area contributed by atoms with Gasteiger partial charge in [-0.2, -0.15) is 0 Å². The highest BCUT2D eigenvalue weighted by Crippen LogP contribution is 2.27. The summed E-state index contributed by atoms with van der Waals surface area (Å²) in [6, 6.07) is 22.4. The molecule has 0 aliphatic heterocycles. The van der Waals surface area contributed by atoms with Crippen LogP contribution in [0.25, 0.3) is 11.0 Å². The number of H-pyrrole nitrogens is 1. The van der Waals surface area contributed by atoms with Gasteiger partial charge in [0.05, 0.1) is 17.1 Å². The molecule has 128 valence electrons. The van der Waals surface area contributed by atoms with E-state index >= 15 is 0 Å². The Hall–Kier alpha value is -3.47. The summed E-state index contributed by atoms with van der Waals surface area (Å²) in [5.41, 5.74) is 1.01. The second-order valence-electron chi connectivity index (χ2n) is 6.01. The van der Waals surface area contributed by atoms with Crippen LogP contribution in [-0.4, -0.2) is 9.55 Å². The van der Waals surface area contributed by atoms with Crippen LogP contribution in [0.2, 0.25) is 0 Å². The van der Waals surface area contributed by atoms with Crippen LogP contribution in [0.5, 0.6) is 0 Å². The zero-order valence-corrected chi connectivity index (χ0v) is 13.7. The molecule has 0 unspecified atom stereocenters. The summed E-state index contributed by atoms with van der Waals surface area (Å²) in [6.45, 7) is 0. The number of nitrogens with zero attached hydrogens (tertiary/aromatic N) is 1. The summed E-state index contributed by atoms with van der Waals surface area (Å²) in [5.74, 6) is -0.477. The lowest BCUT2D eigenvalue weighted by Gasteiger charge is -2.22. The Bertz CT molecular complexity index is 1140. The standard InChI is InChI=1S/C21H15FN2O2/c22-16-11-12-18-17(13-16)23-20(25)21(26)24(18)19(14-7-3-1-4-8-14)15-9-5-2-6-10-15/h1-13,19H,(H,23,25). The van der Waals surface area contributed by atoms with E-state index in [1.165, 1.54) is 22.8 Å². The van der Waals surface area contributed by atoms with Crippen LogP contribution in [0, 0.1) is 5.82 Å². The monoisotopic (exact) mass is 346 g/mol. The summed E-state index contributed by atoms with van der Waals surface area (Å²) in [4.78, 5) is 27.5. The number of aromatic amines is 1.